The summed E-state index contributed by atoms with van der Waals surface area (Å²) in [4.78, 5) is 30.9. The molecule has 2 aromatic rings. The van der Waals surface area contributed by atoms with Crippen LogP contribution in [0.4, 0.5) is 27.5 Å². The predicted molar refractivity (Wildman–Crippen MR) is 113 cm³/mol. The average Bonchev–Trinajstić information content (AvgIpc) is 2.78. The second kappa shape index (κ2) is 8.00. The number of rotatable bonds is 3. The van der Waals surface area contributed by atoms with Gasteiger partial charge in [0.2, 0.25) is 5.91 Å². The van der Waals surface area contributed by atoms with Crippen molar-refractivity contribution in [2.75, 3.05) is 60.5 Å². The molecule has 8 heteroatoms. The van der Waals surface area contributed by atoms with Crippen LogP contribution in [0.5, 0.6) is 0 Å². The summed E-state index contributed by atoms with van der Waals surface area (Å²) in [6.45, 7) is 4.01. The van der Waals surface area contributed by atoms with Crippen LogP contribution in [0.25, 0.3) is 0 Å². The number of amides is 2. The molecule has 0 aromatic heterocycles. The fraction of sp³-hybridized carbons (Fsp3) is 0.333. The lowest BCUT2D eigenvalue weighted by atomic mass is 10.1. The minimum atomic E-state index is -0.931. The Hall–Kier alpha value is -3.26. The van der Waals surface area contributed by atoms with Gasteiger partial charge in [-0.2, -0.15) is 0 Å². The van der Waals surface area contributed by atoms with Gasteiger partial charge in [0.1, 0.15) is 0 Å². The molecule has 0 aliphatic carbocycles. The molecule has 1 fully saturated rings. The Balaban J connectivity index is 1.49. The second-order valence-corrected chi connectivity index (χ2v) is 7.16. The van der Waals surface area contributed by atoms with Crippen molar-refractivity contribution in [2.45, 2.75) is 0 Å². The third kappa shape index (κ3) is 3.71. The number of hydrogen-bond donors (Lipinski definition) is 2. The minimum Gasteiger partial charge on any atom is -0.465 e. The van der Waals surface area contributed by atoms with Gasteiger partial charge in [-0.25, -0.2) is 4.79 Å². The van der Waals surface area contributed by atoms with Gasteiger partial charge in [-0.3, -0.25) is 9.69 Å². The molecule has 0 saturated carbocycles. The van der Waals surface area contributed by atoms with E-state index < -0.39 is 6.09 Å². The molecule has 2 aromatic carbocycles. The van der Waals surface area contributed by atoms with Gasteiger partial charge in [-0.15, -0.1) is 0 Å². The van der Waals surface area contributed by atoms with Crippen molar-refractivity contribution in [2.24, 2.45) is 5.73 Å². The van der Waals surface area contributed by atoms with Gasteiger partial charge in [0.25, 0.3) is 0 Å². The summed E-state index contributed by atoms with van der Waals surface area (Å²) in [7, 11) is 0. The molecular weight excluding hydrogens is 370 g/mol. The Morgan fingerprint density at radius 2 is 1.45 bits per heavy atom. The first kappa shape index (κ1) is 19.1. The maximum absolute atomic E-state index is 11.7. The largest absolute Gasteiger partial charge is 0.465 e. The molecule has 2 amide bonds. The van der Waals surface area contributed by atoms with E-state index >= 15 is 0 Å². The van der Waals surface area contributed by atoms with E-state index in [1.807, 2.05) is 29.2 Å². The lowest BCUT2D eigenvalue weighted by molar-refractivity contribution is -0.129. The molecule has 152 valence electrons. The highest BCUT2D eigenvalue weighted by molar-refractivity contribution is 5.94. The van der Waals surface area contributed by atoms with Crippen molar-refractivity contribution in [1.29, 1.82) is 0 Å². The van der Waals surface area contributed by atoms with E-state index in [0.717, 1.165) is 30.2 Å². The predicted octanol–water partition coefficient (Wildman–Crippen LogP) is 1.93. The molecule has 0 bridgehead atoms. The molecule has 2 aliphatic heterocycles. The maximum Gasteiger partial charge on any atom is 0.411 e. The summed E-state index contributed by atoms with van der Waals surface area (Å²) in [6, 6.07) is 15.9. The van der Waals surface area contributed by atoms with Crippen molar-refractivity contribution in [3.8, 4) is 0 Å². The first-order valence-corrected chi connectivity index (χ1v) is 9.78. The number of carbonyl (C=O) groups is 2. The van der Waals surface area contributed by atoms with Crippen LogP contribution in [-0.2, 0) is 4.79 Å². The molecular formula is C21H25N5O3. The molecule has 2 heterocycles. The summed E-state index contributed by atoms with van der Waals surface area (Å²) >= 11 is 0. The van der Waals surface area contributed by atoms with Gasteiger partial charge in [-0.05, 0) is 36.4 Å². The number of para-hydroxylation sites is 2. The molecule has 0 radical (unpaired) electrons. The first-order chi connectivity index (χ1) is 14.1. The van der Waals surface area contributed by atoms with E-state index in [9.17, 15) is 14.7 Å². The Bertz CT molecular complexity index is 893. The topological polar surface area (TPSA) is 93.4 Å². The number of piperazine rings is 1. The molecule has 3 N–H and O–H groups in total. The highest BCUT2D eigenvalue weighted by Crippen LogP contribution is 2.38. The number of carboxylic acid groups (broad SMARTS) is 1. The Labute approximate surface area is 169 Å². The Morgan fingerprint density at radius 1 is 0.828 bits per heavy atom. The summed E-state index contributed by atoms with van der Waals surface area (Å²) < 4.78 is 0. The first-order valence-electron chi connectivity index (χ1n) is 9.78. The van der Waals surface area contributed by atoms with Gasteiger partial charge in [0.15, 0.2) is 0 Å². The van der Waals surface area contributed by atoms with E-state index in [1.54, 1.807) is 0 Å². The number of carbonyl (C=O) groups excluding carboxylic acids is 1. The molecule has 1 saturated heterocycles. The lowest BCUT2D eigenvalue weighted by Crippen LogP contribution is -2.50. The van der Waals surface area contributed by atoms with Crippen LogP contribution in [0.3, 0.4) is 0 Å². The van der Waals surface area contributed by atoms with Gasteiger partial charge in [-0.1, -0.05) is 12.1 Å². The third-order valence-electron chi connectivity index (χ3n) is 5.57. The van der Waals surface area contributed by atoms with Crippen LogP contribution in [0, 0.1) is 0 Å². The van der Waals surface area contributed by atoms with Crippen molar-refractivity contribution < 1.29 is 14.7 Å². The quantitative estimate of drug-likeness (QED) is 0.825. The normalized spacial score (nSPS) is 16.6. The standard InChI is InChI=1S/C21H25N5O3/c22-15-20(27)24-11-9-23(10-12-24)16-5-7-17(8-6-16)25-13-14-26(21(28)29)19-4-2-1-3-18(19)25/h1-8H,9-15,22H2,(H,28,29). The number of fused-ring (bicyclic) bond motifs is 1. The molecule has 0 unspecified atom stereocenters. The van der Waals surface area contributed by atoms with E-state index in [2.05, 4.69) is 34.1 Å². The van der Waals surface area contributed by atoms with E-state index in [1.165, 1.54) is 4.90 Å². The third-order valence-corrected chi connectivity index (χ3v) is 5.57. The number of anilines is 4. The molecule has 29 heavy (non-hydrogen) atoms. The van der Waals surface area contributed by atoms with Crippen molar-refractivity contribution in [1.82, 2.24) is 4.90 Å². The van der Waals surface area contributed by atoms with Gasteiger partial charge < -0.3 is 25.5 Å². The zero-order chi connectivity index (χ0) is 20.4. The summed E-state index contributed by atoms with van der Waals surface area (Å²) in [5, 5.41) is 9.46. The Kier molecular flexibility index (Phi) is 5.26. The molecule has 0 atom stereocenters. The number of benzene rings is 2. The fourth-order valence-electron chi connectivity index (χ4n) is 4.01. The van der Waals surface area contributed by atoms with E-state index in [-0.39, 0.29) is 12.5 Å². The smallest absolute Gasteiger partial charge is 0.411 e. The Morgan fingerprint density at radius 3 is 2.07 bits per heavy atom. The van der Waals surface area contributed by atoms with Crippen LogP contribution in [0.15, 0.2) is 48.5 Å². The van der Waals surface area contributed by atoms with Crippen molar-refractivity contribution >= 4 is 34.7 Å². The summed E-state index contributed by atoms with van der Waals surface area (Å²) in [5.41, 5.74) is 9.19. The maximum atomic E-state index is 11.7. The van der Waals surface area contributed by atoms with Gasteiger partial charge >= 0.3 is 6.09 Å². The SMILES string of the molecule is NCC(=O)N1CCN(c2ccc(N3CCN(C(=O)O)c4ccccc43)cc2)CC1. The molecule has 8 nitrogen and oxygen atoms in total. The molecule has 2 aliphatic rings. The average molecular weight is 395 g/mol. The lowest BCUT2D eigenvalue weighted by Gasteiger charge is -2.37. The monoisotopic (exact) mass is 395 g/mol. The van der Waals surface area contributed by atoms with E-state index in [4.69, 9.17) is 5.73 Å². The second-order valence-electron chi connectivity index (χ2n) is 7.16. The molecule has 4 rings (SSSR count). The fourth-order valence-corrected chi connectivity index (χ4v) is 4.01. The van der Waals surface area contributed by atoms with Crippen molar-refractivity contribution in [3.05, 3.63) is 48.5 Å². The molecule has 0 spiro atoms. The van der Waals surface area contributed by atoms with Crippen LogP contribution >= 0.6 is 0 Å². The van der Waals surface area contributed by atoms with Gasteiger partial charge in [0, 0.05) is 50.6 Å². The highest BCUT2D eigenvalue weighted by atomic mass is 16.4. The highest BCUT2D eigenvalue weighted by Gasteiger charge is 2.27. The minimum absolute atomic E-state index is 0.000772. The van der Waals surface area contributed by atoms with Crippen LogP contribution in [0.1, 0.15) is 0 Å². The van der Waals surface area contributed by atoms with Crippen LogP contribution < -0.4 is 20.4 Å². The van der Waals surface area contributed by atoms with Crippen molar-refractivity contribution in [3.63, 3.8) is 0 Å². The zero-order valence-electron chi connectivity index (χ0n) is 16.2. The summed E-state index contributed by atoms with van der Waals surface area (Å²) in [6.07, 6.45) is -0.931. The van der Waals surface area contributed by atoms with Gasteiger partial charge in [0.05, 0.1) is 17.9 Å². The number of nitrogens with two attached hydrogens (primary N) is 1. The number of nitrogens with zero attached hydrogens (tertiary/aromatic N) is 4. The zero-order valence-corrected chi connectivity index (χ0v) is 16.2. The van der Waals surface area contributed by atoms with Crippen LogP contribution in [-0.4, -0.2) is 67.8 Å². The summed E-state index contributed by atoms with van der Waals surface area (Å²) in [5.74, 6) is -0.000772. The number of hydrogen-bond acceptors (Lipinski definition) is 5. The van der Waals surface area contributed by atoms with E-state index in [0.29, 0.717) is 31.9 Å². The van der Waals surface area contributed by atoms with Crippen LogP contribution in [0.2, 0.25) is 0 Å².